The number of nitrogens with one attached hydrogen (secondary N) is 2. The molecule has 7 heteroatoms. The Labute approximate surface area is 174 Å². The molecule has 1 aromatic heterocycles. The van der Waals surface area contributed by atoms with Crippen LogP contribution in [0.2, 0.25) is 0 Å². The van der Waals surface area contributed by atoms with Gasteiger partial charge in [-0.2, -0.15) is 0 Å². The molecule has 154 valence electrons. The second-order valence-corrected chi connectivity index (χ2v) is 8.34. The van der Waals surface area contributed by atoms with Crippen molar-refractivity contribution in [2.75, 3.05) is 10.6 Å². The molecule has 0 aliphatic carbocycles. The number of hydrogen-bond donors (Lipinski definition) is 3. The molecular formula is C22H26N2O4S. The number of allylic oxidation sites excluding steroid dienone is 1. The molecule has 0 atom stereocenters. The van der Waals surface area contributed by atoms with Gasteiger partial charge in [0.15, 0.2) is 5.78 Å². The number of thiophene rings is 1. The molecule has 29 heavy (non-hydrogen) atoms. The largest absolute Gasteiger partial charge is 0.478 e. The highest BCUT2D eigenvalue weighted by Crippen LogP contribution is 2.40. The Bertz CT molecular complexity index is 940. The lowest BCUT2D eigenvalue weighted by Crippen LogP contribution is -2.17. The lowest BCUT2D eigenvalue weighted by molar-refractivity contribution is -0.119. The predicted molar refractivity (Wildman–Crippen MR) is 118 cm³/mol. The third-order valence-corrected chi connectivity index (χ3v) is 5.60. The molecule has 0 aliphatic rings. The standard InChI is InChI=1S/C22H26N2O4S/c1-12(2)17(25)10-11-23-21-18(22(27)28)14(5)19(29-21)15-6-8-16(9-7-15)24-20(26)13(3)4/h6-13,23H,1-5H3,(H,24,26)(H,27,28)/b11-10+. The molecule has 1 aromatic carbocycles. The Morgan fingerprint density at radius 2 is 1.66 bits per heavy atom. The minimum Gasteiger partial charge on any atom is -0.478 e. The van der Waals surface area contributed by atoms with E-state index < -0.39 is 5.97 Å². The number of aromatic carboxylic acids is 1. The van der Waals surface area contributed by atoms with Crippen molar-refractivity contribution in [2.45, 2.75) is 34.6 Å². The van der Waals surface area contributed by atoms with Gasteiger partial charge < -0.3 is 15.7 Å². The first-order chi connectivity index (χ1) is 13.6. The van der Waals surface area contributed by atoms with Gasteiger partial charge in [0.1, 0.15) is 5.00 Å². The molecule has 0 saturated carbocycles. The Morgan fingerprint density at radius 1 is 1.03 bits per heavy atom. The summed E-state index contributed by atoms with van der Waals surface area (Å²) in [6.45, 7) is 9.01. The highest BCUT2D eigenvalue weighted by atomic mass is 32.1. The van der Waals surface area contributed by atoms with Crippen molar-refractivity contribution in [1.29, 1.82) is 0 Å². The lowest BCUT2D eigenvalue weighted by atomic mass is 10.1. The molecule has 0 fully saturated rings. The zero-order chi connectivity index (χ0) is 21.7. The van der Waals surface area contributed by atoms with Crippen LogP contribution >= 0.6 is 11.3 Å². The third-order valence-electron chi connectivity index (χ3n) is 4.33. The molecule has 2 rings (SSSR count). The van der Waals surface area contributed by atoms with Crippen LogP contribution in [0.4, 0.5) is 10.7 Å². The van der Waals surface area contributed by atoms with E-state index in [9.17, 15) is 19.5 Å². The molecule has 0 radical (unpaired) electrons. The summed E-state index contributed by atoms with van der Waals surface area (Å²) in [6.07, 6.45) is 2.89. The third kappa shape index (κ3) is 5.54. The number of carbonyl (C=O) groups excluding carboxylic acids is 2. The summed E-state index contributed by atoms with van der Waals surface area (Å²) in [6, 6.07) is 7.29. The lowest BCUT2D eigenvalue weighted by Gasteiger charge is -2.08. The summed E-state index contributed by atoms with van der Waals surface area (Å²) in [5.74, 6) is -1.37. The van der Waals surface area contributed by atoms with E-state index in [0.717, 1.165) is 10.4 Å². The number of hydrogen-bond acceptors (Lipinski definition) is 5. The van der Waals surface area contributed by atoms with Crippen molar-refractivity contribution in [3.8, 4) is 10.4 Å². The SMILES string of the molecule is Cc1c(-c2ccc(NC(=O)C(C)C)cc2)sc(N/C=C/C(=O)C(C)C)c1C(=O)O. The van der Waals surface area contributed by atoms with Gasteiger partial charge in [-0.25, -0.2) is 4.79 Å². The van der Waals surface area contributed by atoms with E-state index in [2.05, 4.69) is 10.6 Å². The molecule has 0 aliphatic heterocycles. The zero-order valence-electron chi connectivity index (χ0n) is 17.2. The van der Waals surface area contributed by atoms with Crippen molar-refractivity contribution >= 4 is 39.7 Å². The van der Waals surface area contributed by atoms with Crippen LogP contribution in [-0.2, 0) is 9.59 Å². The van der Waals surface area contributed by atoms with E-state index in [-0.39, 0.29) is 29.1 Å². The Balaban J connectivity index is 2.30. The minimum absolute atomic E-state index is 0.0399. The van der Waals surface area contributed by atoms with Crippen LogP contribution in [0.5, 0.6) is 0 Å². The first kappa shape index (κ1) is 22.4. The molecule has 1 heterocycles. The Hall–Kier alpha value is -2.93. The highest BCUT2D eigenvalue weighted by molar-refractivity contribution is 7.20. The van der Waals surface area contributed by atoms with Gasteiger partial charge in [0.05, 0.1) is 5.56 Å². The molecule has 1 amide bonds. The Kier molecular flexibility index (Phi) is 7.34. The Morgan fingerprint density at radius 3 is 2.17 bits per heavy atom. The predicted octanol–water partition coefficient (Wildman–Crippen LogP) is 5.17. The van der Waals surface area contributed by atoms with Crippen molar-refractivity contribution < 1.29 is 19.5 Å². The van der Waals surface area contributed by atoms with Gasteiger partial charge in [0.2, 0.25) is 5.91 Å². The summed E-state index contributed by atoms with van der Waals surface area (Å²) < 4.78 is 0. The van der Waals surface area contributed by atoms with Crippen LogP contribution in [0.3, 0.4) is 0 Å². The molecule has 0 unspecified atom stereocenters. The number of carbonyl (C=O) groups is 3. The minimum atomic E-state index is -1.03. The second kappa shape index (κ2) is 9.52. The topological polar surface area (TPSA) is 95.5 Å². The van der Waals surface area contributed by atoms with Gasteiger partial charge in [0.25, 0.3) is 0 Å². The van der Waals surface area contributed by atoms with Gasteiger partial charge in [-0.1, -0.05) is 39.8 Å². The van der Waals surface area contributed by atoms with E-state index in [0.29, 0.717) is 16.3 Å². The molecule has 0 spiro atoms. The van der Waals surface area contributed by atoms with Crippen LogP contribution in [0.1, 0.15) is 43.6 Å². The first-order valence-corrected chi connectivity index (χ1v) is 10.2. The second-order valence-electron chi connectivity index (χ2n) is 7.32. The molecule has 6 nitrogen and oxygen atoms in total. The number of anilines is 2. The van der Waals surface area contributed by atoms with E-state index in [4.69, 9.17) is 0 Å². The number of carboxylic acids is 1. The molecule has 2 aromatic rings. The van der Waals surface area contributed by atoms with Crippen LogP contribution in [0.25, 0.3) is 10.4 Å². The maximum absolute atomic E-state index is 11.8. The number of carboxylic acid groups (broad SMARTS) is 1. The molecule has 0 bridgehead atoms. The van der Waals surface area contributed by atoms with Crippen molar-refractivity contribution in [3.05, 3.63) is 47.7 Å². The average Bonchev–Trinajstić information content (AvgIpc) is 2.98. The van der Waals surface area contributed by atoms with Crippen LogP contribution in [0, 0.1) is 18.8 Å². The number of rotatable bonds is 8. The quantitative estimate of drug-likeness (QED) is 0.518. The highest BCUT2D eigenvalue weighted by Gasteiger charge is 2.21. The van der Waals surface area contributed by atoms with E-state index >= 15 is 0 Å². The van der Waals surface area contributed by atoms with E-state index in [1.165, 1.54) is 23.6 Å². The fraction of sp³-hybridized carbons (Fsp3) is 0.318. The maximum atomic E-state index is 11.8. The molecule has 3 N–H and O–H groups in total. The van der Waals surface area contributed by atoms with Crippen LogP contribution < -0.4 is 10.6 Å². The normalized spacial score (nSPS) is 11.3. The fourth-order valence-electron chi connectivity index (χ4n) is 2.53. The summed E-state index contributed by atoms with van der Waals surface area (Å²) in [5, 5.41) is 15.9. The summed E-state index contributed by atoms with van der Waals surface area (Å²) in [4.78, 5) is 36.1. The van der Waals surface area contributed by atoms with Gasteiger partial charge in [-0.3, -0.25) is 9.59 Å². The van der Waals surface area contributed by atoms with Gasteiger partial charge in [-0.05, 0) is 36.3 Å². The summed E-state index contributed by atoms with van der Waals surface area (Å²) in [5.41, 5.74) is 2.37. The van der Waals surface area contributed by atoms with E-state index in [1.54, 1.807) is 32.9 Å². The van der Waals surface area contributed by atoms with Crippen molar-refractivity contribution in [2.24, 2.45) is 11.8 Å². The number of ketones is 1. The van der Waals surface area contributed by atoms with Crippen LogP contribution in [0.15, 0.2) is 36.5 Å². The molecular weight excluding hydrogens is 388 g/mol. The van der Waals surface area contributed by atoms with Gasteiger partial charge in [-0.15, -0.1) is 11.3 Å². The van der Waals surface area contributed by atoms with Gasteiger partial charge >= 0.3 is 5.97 Å². The summed E-state index contributed by atoms with van der Waals surface area (Å²) in [7, 11) is 0. The van der Waals surface area contributed by atoms with Crippen LogP contribution in [-0.4, -0.2) is 22.8 Å². The van der Waals surface area contributed by atoms with Crippen molar-refractivity contribution in [1.82, 2.24) is 0 Å². The maximum Gasteiger partial charge on any atom is 0.339 e. The van der Waals surface area contributed by atoms with E-state index in [1.807, 2.05) is 26.0 Å². The summed E-state index contributed by atoms with van der Waals surface area (Å²) >= 11 is 1.31. The van der Waals surface area contributed by atoms with Crippen molar-refractivity contribution in [3.63, 3.8) is 0 Å². The zero-order valence-corrected chi connectivity index (χ0v) is 18.0. The number of amides is 1. The fourth-order valence-corrected chi connectivity index (χ4v) is 3.71. The smallest absolute Gasteiger partial charge is 0.339 e. The monoisotopic (exact) mass is 414 g/mol. The first-order valence-electron chi connectivity index (χ1n) is 9.36. The average molecular weight is 415 g/mol. The molecule has 0 saturated heterocycles. The van der Waals surface area contributed by atoms with Gasteiger partial charge in [0, 0.05) is 28.6 Å². The number of benzene rings is 1.